The third-order valence-corrected chi connectivity index (χ3v) is 6.51. The van der Waals surface area contributed by atoms with E-state index in [-0.39, 0.29) is 48.4 Å². The number of nitrogens with two attached hydrogens (primary N) is 1. The fourth-order valence-corrected chi connectivity index (χ4v) is 5.01. The maximum absolute atomic E-state index is 13.7. The van der Waals surface area contributed by atoms with E-state index in [1.807, 2.05) is 4.90 Å². The van der Waals surface area contributed by atoms with Crippen LogP contribution < -0.4 is 5.73 Å². The third-order valence-electron chi connectivity index (χ3n) is 6.51. The second kappa shape index (κ2) is 8.15. The molecular formula is C20H27ClFN3O2. The molecule has 2 saturated carbocycles. The number of carbonyl (C=O) groups is 2. The number of fused-ring (bicyclic) bond motifs is 2. The van der Waals surface area contributed by atoms with E-state index in [4.69, 9.17) is 5.73 Å². The molecule has 1 aromatic carbocycles. The second-order valence-electron chi connectivity index (χ2n) is 7.91. The molecule has 1 aliphatic heterocycles. The Morgan fingerprint density at radius 3 is 2.30 bits per heavy atom. The SMILES string of the molecule is Cl.NC1C2CCC(C2)C1C(=O)N1CCN(C(=O)Cc2ccccc2F)CC1. The van der Waals surface area contributed by atoms with Gasteiger partial charge in [0.05, 0.1) is 12.3 Å². The first-order valence-electron chi connectivity index (χ1n) is 9.60. The van der Waals surface area contributed by atoms with Gasteiger partial charge >= 0.3 is 0 Å². The van der Waals surface area contributed by atoms with Crippen molar-refractivity contribution in [1.29, 1.82) is 0 Å². The monoisotopic (exact) mass is 395 g/mol. The Morgan fingerprint density at radius 2 is 1.67 bits per heavy atom. The van der Waals surface area contributed by atoms with Gasteiger partial charge in [-0.3, -0.25) is 9.59 Å². The Kier molecular flexibility index (Phi) is 6.06. The van der Waals surface area contributed by atoms with Crippen LogP contribution in [0.1, 0.15) is 24.8 Å². The van der Waals surface area contributed by atoms with E-state index in [0.717, 1.165) is 19.3 Å². The van der Waals surface area contributed by atoms with Crippen molar-refractivity contribution < 1.29 is 14.0 Å². The van der Waals surface area contributed by atoms with Crippen LogP contribution in [0.5, 0.6) is 0 Å². The quantitative estimate of drug-likeness (QED) is 0.849. The predicted octanol–water partition coefficient (Wildman–Crippen LogP) is 1.83. The summed E-state index contributed by atoms with van der Waals surface area (Å²) in [6, 6.07) is 6.37. The van der Waals surface area contributed by atoms with Gasteiger partial charge < -0.3 is 15.5 Å². The maximum Gasteiger partial charge on any atom is 0.227 e. The van der Waals surface area contributed by atoms with Crippen molar-refractivity contribution in [2.24, 2.45) is 23.5 Å². The molecule has 0 radical (unpaired) electrons. The molecule has 4 unspecified atom stereocenters. The fourth-order valence-electron chi connectivity index (χ4n) is 5.01. The summed E-state index contributed by atoms with van der Waals surface area (Å²) in [5.74, 6) is 0.667. The number of piperazine rings is 1. The average Bonchev–Trinajstić information content (AvgIpc) is 3.24. The lowest BCUT2D eigenvalue weighted by Gasteiger charge is -2.38. The Morgan fingerprint density at radius 1 is 1.04 bits per heavy atom. The van der Waals surface area contributed by atoms with Crippen molar-refractivity contribution in [2.45, 2.75) is 31.7 Å². The topological polar surface area (TPSA) is 66.6 Å². The van der Waals surface area contributed by atoms with Crippen molar-refractivity contribution in [2.75, 3.05) is 26.2 Å². The molecule has 5 nitrogen and oxygen atoms in total. The van der Waals surface area contributed by atoms with Gasteiger partial charge in [0.25, 0.3) is 0 Å². The summed E-state index contributed by atoms with van der Waals surface area (Å²) in [7, 11) is 0. The van der Waals surface area contributed by atoms with Gasteiger partial charge in [-0.15, -0.1) is 12.4 Å². The van der Waals surface area contributed by atoms with E-state index in [0.29, 0.717) is 43.6 Å². The summed E-state index contributed by atoms with van der Waals surface area (Å²) in [5.41, 5.74) is 6.72. The van der Waals surface area contributed by atoms with Gasteiger partial charge in [-0.1, -0.05) is 18.2 Å². The number of hydrogen-bond acceptors (Lipinski definition) is 3. The molecule has 0 spiro atoms. The molecule has 1 saturated heterocycles. The van der Waals surface area contributed by atoms with E-state index in [2.05, 4.69) is 0 Å². The molecule has 2 N–H and O–H groups in total. The van der Waals surface area contributed by atoms with Crippen LogP contribution in [0.4, 0.5) is 4.39 Å². The Bertz CT molecular complexity index is 706. The summed E-state index contributed by atoms with van der Waals surface area (Å²) in [6.07, 6.45) is 3.44. The number of benzene rings is 1. The van der Waals surface area contributed by atoms with Crippen molar-refractivity contribution in [3.63, 3.8) is 0 Å². The molecule has 7 heteroatoms. The van der Waals surface area contributed by atoms with Crippen molar-refractivity contribution in [3.8, 4) is 0 Å². The van der Waals surface area contributed by atoms with E-state index in [9.17, 15) is 14.0 Å². The standard InChI is InChI=1S/C20H26FN3O2.ClH/c21-16-4-2-1-3-13(16)12-17(25)23-7-9-24(10-8-23)20(26)18-14-5-6-15(11-14)19(18)22;/h1-4,14-15,18-19H,5-12,22H2;1H. The van der Waals surface area contributed by atoms with Crippen LogP contribution in [0.3, 0.4) is 0 Å². The molecule has 1 aromatic rings. The van der Waals surface area contributed by atoms with Crippen LogP contribution in [0.15, 0.2) is 24.3 Å². The minimum Gasteiger partial charge on any atom is -0.339 e. The number of rotatable bonds is 3. The predicted molar refractivity (Wildman–Crippen MR) is 103 cm³/mol. The number of carbonyl (C=O) groups excluding carboxylic acids is 2. The van der Waals surface area contributed by atoms with E-state index in [1.54, 1.807) is 23.1 Å². The highest BCUT2D eigenvalue weighted by Gasteiger charge is 2.50. The van der Waals surface area contributed by atoms with Crippen LogP contribution in [0, 0.1) is 23.6 Å². The first-order valence-corrected chi connectivity index (χ1v) is 9.60. The Balaban J connectivity index is 0.00000210. The highest BCUT2D eigenvalue weighted by molar-refractivity contribution is 5.85. The molecule has 2 amide bonds. The molecule has 3 fully saturated rings. The summed E-state index contributed by atoms with van der Waals surface area (Å²) < 4.78 is 13.7. The Labute approximate surface area is 165 Å². The smallest absolute Gasteiger partial charge is 0.227 e. The number of amides is 2. The van der Waals surface area contributed by atoms with Crippen LogP contribution in [-0.2, 0) is 16.0 Å². The van der Waals surface area contributed by atoms with Gasteiger partial charge in [0.2, 0.25) is 11.8 Å². The zero-order valence-electron chi connectivity index (χ0n) is 15.4. The molecule has 1 heterocycles. The average molecular weight is 396 g/mol. The molecule has 2 bridgehead atoms. The highest BCUT2D eigenvalue weighted by Crippen LogP contribution is 2.48. The molecule has 3 aliphatic rings. The van der Waals surface area contributed by atoms with Crippen molar-refractivity contribution >= 4 is 24.2 Å². The van der Waals surface area contributed by atoms with Crippen molar-refractivity contribution in [3.05, 3.63) is 35.6 Å². The molecule has 4 atom stereocenters. The maximum atomic E-state index is 13.7. The van der Waals surface area contributed by atoms with Crippen LogP contribution in [-0.4, -0.2) is 53.8 Å². The molecule has 148 valence electrons. The van der Waals surface area contributed by atoms with E-state index >= 15 is 0 Å². The van der Waals surface area contributed by atoms with E-state index in [1.165, 1.54) is 6.07 Å². The lowest BCUT2D eigenvalue weighted by atomic mass is 9.84. The number of halogens is 2. The summed E-state index contributed by atoms with van der Waals surface area (Å²) in [4.78, 5) is 29.0. The van der Waals surface area contributed by atoms with E-state index < -0.39 is 0 Å². The lowest BCUT2D eigenvalue weighted by Crippen LogP contribution is -2.55. The normalized spacial score (nSPS) is 29.6. The van der Waals surface area contributed by atoms with Crippen LogP contribution >= 0.6 is 12.4 Å². The first-order chi connectivity index (χ1) is 12.5. The molecule has 4 rings (SSSR count). The third kappa shape index (κ3) is 3.83. The van der Waals surface area contributed by atoms with Crippen molar-refractivity contribution in [1.82, 2.24) is 9.80 Å². The molecule has 0 aromatic heterocycles. The zero-order valence-corrected chi connectivity index (χ0v) is 16.2. The van der Waals surface area contributed by atoms with Gasteiger partial charge in [0.15, 0.2) is 0 Å². The summed E-state index contributed by atoms with van der Waals surface area (Å²) in [5, 5.41) is 0. The fraction of sp³-hybridized carbons (Fsp3) is 0.600. The Hall–Kier alpha value is -1.66. The lowest BCUT2D eigenvalue weighted by molar-refractivity contribution is -0.143. The van der Waals surface area contributed by atoms with Gasteiger partial charge in [0.1, 0.15) is 5.82 Å². The van der Waals surface area contributed by atoms with Crippen LogP contribution in [0.25, 0.3) is 0 Å². The number of nitrogens with zero attached hydrogens (tertiary/aromatic N) is 2. The zero-order chi connectivity index (χ0) is 18.3. The highest BCUT2D eigenvalue weighted by atomic mass is 35.5. The first kappa shape index (κ1) is 20.1. The van der Waals surface area contributed by atoms with Gasteiger partial charge in [-0.05, 0) is 42.7 Å². The summed E-state index contributed by atoms with van der Waals surface area (Å²) in [6.45, 7) is 2.11. The molecular weight excluding hydrogens is 369 g/mol. The van der Waals surface area contributed by atoms with Gasteiger partial charge in [-0.25, -0.2) is 4.39 Å². The molecule has 27 heavy (non-hydrogen) atoms. The molecule has 2 aliphatic carbocycles. The van der Waals surface area contributed by atoms with Gasteiger partial charge in [-0.2, -0.15) is 0 Å². The largest absolute Gasteiger partial charge is 0.339 e. The second-order valence-corrected chi connectivity index (χ2v) is 7.91. The number of hydrogen-bond donors (Lipinski definition) is 1. The van der Waals surface area contributed by atoms with Gasteiger partial charge in [0, 0.05) is 32.2 Å². The minimum absolute atomic E-state index is 0. The minimum atomic E-state index is -0.347. The summed E-state index contributed by atoms with van der Waals surface area (Å²) >= 11 is 0. The van der Waals surface area contributed by atoms with Crippen LogP contribution in [0.2, 0.25) is 0 Å².